The maximum absolute atomic E-state index is 5.34. The Hall–Kier alpha value is -1.22. The van der Waals surface area contributed by atoms with Crippen molar-refractivity contribution in [1.82, 2.24) is 5.32 Å². The minimum Gasteiger partial charge on any atom is -0.494 e. The zero-order valence-corrected chi connectivity index (χ0v) is 9.27. The molecular formula is C11H18N2O. The molecule has 0 fully saturated rings. The number of methoxy groups -OCH3 is 1. The van der Waals surface area contributed by atoms with E-state index in [0.717, 1.165) is 23.7 Å². The van der Waals surface area contributed by atoms with Gasteiger partial charge in [-0.15, -0.1) is 0 Å². The first-order chi connectivity index (χ1) is 6.69. The molecule has 78 valence electrons. The van der Waals surface area contributed by atoms with E-state index in [-0.39, 0.29) is 0 Å². The molecular weight excluding hydrogens is 176 g/mol. The van der Waals surface area contributed by atoms with E-state index in [1.165, 1.54) is 5.56 Å². The van der Waals surface area contributed by atoms with Gasteiger partial charge in [-0.25, -0.2) is 0 Å². The number of aryl methyl sites for hydroxylation is 2. The number of hydrogen-bond acceptors (Lipinski definition) is 3. The van der Waals surface area contributed by atoms with Crippen LogP contribution in [-0.4, -0.2) is 20.8 Å². The fraction of sp³-hybridized carbons (Fsp3) is 0.455. The van der Waals surface area contributed by atoms with Gasteiger partial charge >= 0.3 is 0 Å². The maximum atomic E-state index is 5.34. The fourth-order valence-corrected chi connectivity index (χ4v) is 1.54. The summed E-state index contributed by atoms with van der Waals surface area (Å²) >= 11 is 0. The zero-order chi connectivity index (χ0) is 10.6. The first-order valence-electron chi connectivity index (χ1n) is 4.72. The average molecular weight is 194 g/mol. The summed E-state index contributed by atoms with van der Waals surface area (Å²) in [5.74, 6) is 0.922. The molecule has 2 N–H and O–H groups in total. The Balaban J connectivity index is 2.99. The number of benzene rings is 1. The van der Waals surface area contributed by atoms with Crippen molar-refractivity contribution < 1.29 is 4.74 Å². The summed E-state index contributed by atoms with van der Waals surface area (Å²) in [5, 5.41) is 6.30. The van der Waals surface area contributed by atoms with Gasteiger partial charge in [-0.05, 0) is 38.1 Å². The van der Waals surface area contributed by atoms with Crippen molar-refractivity contribution >= 4 is 5.69 Å². The van der Waals surface area contributed by atoms with Crippen molar-refractivity contribution in [3.63, 3.8) is 0 Å². The molecule has 0 amide bonds. The van der Waals surface area contributed by atoms with Crippen molar-refractivity contribution in [3.05, 3.63) is 23.3 Å². The van der Waals surface area contributed by atoms with Gasteiger partial charge in [-0.3, -0.25) is 0 Å². The second kappa shape index (κ2) is 4.86. The number of hydrogen-bond donors (Lipinski definition) is 2. The third-order valence-electron chi connectivity index (χ3n) is 2.08. The van der Waals surface area contributed by atoms with Crippen molar-refractivity contribution in [3.8, 4) is 5.75 Å². The Morgan fingerprint density at radius 2 is 2.00 bits per heavy atom. The van der Waals surface area contributed by atoms with Gasteiger partial charge in [0.1, 0.15) is 5.75 Å². The van der Waals surface area contributed by atoms with Gasteiger partial charge in [0.05, 0.1) is 19.5 Å². The van der Waals surface area contributed by atoms with Crippen LogP contribution >= 0.6 is 0 Å². The molecule has 0 aliphatic rings. The molecule has 0 saturated carbocycles. The van der Waals surface area contributed by atoms with Crippen LogP contribution < -0.4 is 15.4 Å². The molecule has 0 unspecified atom stereocenters. The molecule has 3 heteroatoms. The molecule has 0 aliphatic heterocycles. The first-order valence-corrected chi connectivity index (χ1v) is 4.72. The molecule has 0 bridgehead atoms. The average Bonchev–Trinajstić information content (AvgIpc) is 2.14. The molecule has 0 saturated heterocycles. The Morgan fingerprint density at radius 1 is 1.29 bits per heavy atom. The maximum Gasteiger partial charge on any atom is 0.144 e. The quantitative estimate of drug-likeness (QED) is 0.718. The third kappa shape index (κ3) is 2.39. The molecule has 0 spiro atoms. The largest absolute Gasteiger partial charge is 0.494 e. The molecule has 0 atom stereocenters. The molecule has 1 rings (SSSR count). The van der Waals surface area contributed by atoms with Gasteiger partial charge in [0.25, 0.3) is 0 Å². The van der Waals surface area contributed by atoms with E-state index in [1.807, 2.05) is 7.05 Å². The highest BCUT2D eigenvalue weighted by atomic mass is 16.5. The second-order valence-electron chi connectivity index (χ2n) is 3.37. The Morgan fingerprint density at radius 3 is 2.57 bits per heavy atom. The van der Waals surface area contributed by atoms with E-state index < -0.39 is 0 Å². The highest BCUT2D eigenvalue weighted by Gasteiger charge is 2.05. The summed E-state index contributed by atoms with van der Waals surface area (Å²) in [6.45, 7) is 4.87. The number of anilines is 1. The summed E-state index contributed by atoms with van der Waals surface area (Å²) in [6.07, 6.45) is 0. The van der Waals surface area contributed by atoms with Crippen LogP contribution in [0.1, 0.15) is 11.1 Å². The summed E-state index contributed by atoms with van der Waals surface area (Å²) in [4.78, 5) is 0. The van der Waals surface area contributed by atoms with Crippen LogP contribution in [-0.2, 0) is 0 Å². The molecule has 0 heterocycles. The van der Waals surface area contributed by atoms with Crippen LogP contribution in [0.5, 0.6) is 5.75 Å². The minimum absolute atomic E-state index is 0.735. The summed E-state index contributed by atoms with van der Waals surface area (Å²) < 4.78 is 5.34. The number of rotatable bonds is 4. The van der Waals surface area contributed by atoms with E-state index in [1.54, 1.807) is 7.11 Å². The number of nitrogens with one attached hydrogen (secondary N) is 2. The van der Waals surface area contributed by atoms with Crippen molar-refractivity contribution in [2.45, 2.75) is 13.8 Å². The lowest BCUT2D eigenvalue weighted by Crippen LogP contribution is -2.17. The van der Waals surface area contributed by atoms with Crippen LogP contribution in [0.15, 0.2) is 12.1 Å². The van der Waals surface area contributed by atoms with Gasteiger partial charge in [-0.1, -0.05) is 6.07 Å². The monoisotopic (exact) mass is 194 g/mol. The predicted octanol–water partition coefficient (Wildman–Crippen LogP) is 1.90. The Kier molecular flexibility index (Phi) is 3.77. The van der Waals surface area contributed by atoms with Crippen LogP contribution in [0.2, 0.25) is 0 Å². The smallest absolute Gasteiger partial charge is 0.144 e. The minimum atomic E-state index is 0.735. The molecule has 3 nitrogen and oxygen atoms in total. The Labute approximate surface area is 85.5 Å². The zero-order valence-electron chi connectivity index (χ0n) is 9.27. The normalized spacial score (nSPS) is 10.0. The summed E-state index contributed by atoms with van der Waals surface area (Å²) in [7, 11) is 3.60. The van der Waals surface area contributed by atoms with Crippen molar-refractivity contribution in [2.24, 2.45) is 0 Å². The highest BCUT2D eigenvalue weighted by molar-refractivity contribution is 5.61. The Bertz CT molecular complexity index is 310. The molecule has 1 aromatic carbocycles. The van der Waals surface area contributed by atoms with Crippen molar-refractivity contribution in [1.29, 1.82) is 0 Å². The van der Waals surface area contributed by atoms with Crippen LogP contribution in [0.25, 0.3) is 0 Å². The van der Waals surface area contributed by atoms with Crippen LogP contribution in [0.3, 0.4) is 0 Å². The molecule has 14 heavy (non-hydrogen) atoms. The topological polar surface area (TPSA) is 33.3 Å². The predicted molar refractivity (Wildman–Crippen MR) is 60.0 cm³/mol. The number of ether oxygens (including phenoxy) is 1. The lowest BCUT2D eigenvalue weighted by Gasteiger charge is -2.14. The van der Waals surface area contributed by atoms with Crippen molar-refractivity contribution in [2.75, 3.05) is 26.1 Å². The van der Waals surface area contributed by atoms with E-state index in [4.69, 9.17) is 4.74 Å². The standard InChI is InChI=1S/C11H18N2O/c1-8-5-9(2)11(14-4)10(6-8)13-7-12-3/h5-6,12-13H,7H2,1-4H3. The lowest BCUT2D eigenvalue weighted by atomic mass is 10.1. The highest BCUT2D eigenvalue weighted by Crippen LogP contribution is 2.29. The van der Waals surface area contributed by atoms with Gasteiger partial charge in [-0.2, -0.15) is 0 Å². The SMILES string of the molecule is CNCNc1cc(C)cc(C)c1OC. The van der Waals surface area contributed by atoms with E-state index in [9.17, 15) is 0 Å². The van der Waals surface area contributed by atoms with Crippen LogP contribution in [0, 0.1) is 13.8 Å². The van der Waals surface area contributed by atoms with Gasteiger partial charge < -0.3 is 15.4 Å². The van der Waals surface area contributed by atoms with Gasteiger partial charge in [0, 0.05) is 0 Å². The van der Waals surface area contributed by atoms with E-state index >= 15 is 0 Å². The molecule has 1 aromatic rings. The summed E-state index contributed by atoms with van der Waals surface area (Å²) in [5.41, 5.74) is 3.44. The second-order valence-corrected chi connectivity index (χ2v) is 3.37. The van der Waals surface area contributed by atoms with Crippen LogP contribution in [0.4, 0.5) is 5.69 Å². The molecule has 0 aliphatic carbocycles. The fourth-order valence-electron chi connectivity index (χ4n) is 1.54. The third-order valence-corrected chi connectivity index (χ3v) is 2.08. The molecule has 0 radical (unpaired) electrons. The molecule has 0 aromatic heterocycles. The van der Waals surface area contributed by atoms with E-state index in [2.05, 4.69) is 36.6 Å². The lowest BCUT2D eigenvalue weighted by molar-refractivity contribution is 0.413. The first kappa shape index (κ1) is 10.9. The van der Waals surface area contributed by atoms with Gasteiger partial charge in [0.2, 0.25) is 0 Å². The van der Waals surface area contributed by atoms with E-state index in [0.29, 0.717) is 0 Å². The summed E-state index contributed by atoms with van der Waals surface area (Å²) in [6, 6.07) is 4.20. The van der Waals surface area contributed by atoms with Gasteiger partial charge in [0.15, 0.2) is 0 Å².